The summed E-state index contributed by atoms with van der Waals surface area (Å²) >= 11 is 0. The Morgan fingerprint density at radius 1 is 1.03 bits per heavy atom. The number of hydrogen-bond donors (Lipinski definition) is 0. The van der Waals surface area contributed by atoms with E-state index in [4.69, 9.17) is 23.9 Å². The number of rotatable bonds is 8. The normalized spacial score (nSPS) is 11.7. The van der Waals surface area contributed by atoms with Crippen LogP contribution in [0.15, 0.2) is 52.4 Å². The molecule has 0 bridgehead atoms. The van der Waals surface area contributed by atoms with Crippen molar-refractivity contribution in [3.8, 4) is 17.2 Å². The summed E-state index contributed by atoms with van der Waals surface area (Å²) in [6.45, 7) is 6.02. The average Bonchev–Trinajstić information content (AvgIpc) is 2.93. The SMILES string of the molecule is CCOC(=O)c1cc2c(=O)n3ccccc3nc2n(CC(C)C)c1=NC(=O)c1cc(OC)c(OC)c(OC)c1. The molecule has 0 N–H and O–H groups in total. The summed E-state index contributed by atoms with van der Waals surface area (Å²) in [4.78, 5) is 49.2. The van der Waals surface area contributed by atoms with Crippen LogP contribution in [0.2, 0.25) is 0 Å². The molecule has 0 saturated heterocycles. The molecule has 3 aromatic heterocycles. The first kappa shape index (κ1) is 27.4. The zero-order chi connectivity index (χ0) is 28.3. The lowest BCUT2D eigenvalue weighted by Crippen LogP contribution is -2.33. The van der Waals surface area contributed by atoms with Gasteiger partial charge in [-0.2, -0.15) is 4.99 Å². The Hall–Kier alpha value is -4.67. The number of ether oxygens (including phenoxy) is 4. The second-order valence-corrected chi connectivity index (χ2v) is 9.02. The van der Waals surface area contributed by atoms with Crippen LogP contribution >= 0.6 is 0 Å². The minimum Gasteiger partial charge on any atom is -0.493 e. The lowest BCUT2D eigenvalue weighted by molar-refractivity contribution is 0.0523. The van der Waals surface area contributed by atoms with E-state index in [2.05, 4.69) is 4.99 Å². The lowest BCUT2D eigenvalue weighted by Gasteiger charge is -2.17. The van der Waals surface area contributed by atoms with Gasteiger partial charge in [-0.05, 0) is 43.2 Å². The molecule has 4 rings (SSSR count). The Balaban J connectivity index is 2.10. The molecule has 1 aromatic carbocycles. The van der Waals surface area contributed by atoms with Crippen molar-refractivity contribution >= 4 is 28.6 Å². The number of esters is 1. The molecule has 3 heterocycles. The Morgan fingerprint density at radius 3 is 2.31 bits per heavy atom. The highest BCUT2D eigenvalue weighted by atomic mass is 16.5. The molecule has 0 fully saturated rings. The quantitative estimate of drug-likeness (QED) is 0.249. The highest BCUT2D eigenvalue weighted by Gasteiger charge is 2.22. The van der Waals surface area contributed by atoms with Gasteiger partial charge < -0.3 is 23.5 Å². The largest absolute Gasteiger partial charge is 0.493 e. The Morgan fingerprint density at radius 2 is 1.72 bits per heavy atom. The molecule has 0 aliphatic carbocycles. The van der Waals surface area contributed by atoms with Crippen LogP contribution in [0.25, 0.3) is 16.7 Å². The van der Waals surface area contributed by atoms with Crippen molar-refractivity contribution in [2.75, 3.05) is 27.9 Å². The molecule has 11 nitrogen and oxygen atoms in total. The molecular formula is C28H30N4O7. The van der Waals surface area contributed by atoms with Gasteiger partial charge in [0, 0.05) is 18.3 Å². The van der Waals surface area contributed by atoms with Gasteiger partial charge in [0.15, 0.2) is 17.0 Å². The first-order valence-electron chi connectivity index (χ1n) is 12.3. The number of amides is 1. The second kappa shape index (κ2) is 11.4. The van der Waals surface area contributed by atoms with Gasteiger partial charge in [0.05, 0.1) is 33.3 Å². The summed E-state index contributed by atoms with van der Waals surface area (Å²) in [6, 6.07) is 9.53. The fraction of sp³-hybridized carbons (Fsp3) is 0.321. The molecule has 0 spiro atoms. The molecule has 0 radical (unpaired) electrons. The number of carbonyl (C=O) groups excluding carboxylic acids is 2. The number of methoxy groups -OCH3 is 3. The average molecular weight is 535 g/mol. The number of nitrogens with zero attached hydrogens (tertiary/aromatic N) is 4. The summed E-state index contributed by atoms with van der Waals surface area (Å²) < 4.78 is 24.4. The number of hydrogen-bond acceptors (Lipinski definition) is 8. The third-order valence-corrected chi connectivity index (χ3v) is 5.95. The molecule has 1 amide bonds. The maximum atomic E-state index is 13.6. The number of benzene rings is 1. The van der Waals surface area contributed by atoms with Gasteiger partial charge in [-0.15, -0.1) is 0 Å². The van der Waals surface area contributed by atoms with E-state index >= 15 is 0 Å². The van der Waals surface area contributed by atoms with E-state index in [1.54, 1.807) is 35.9 Å². The molecule has 0 aliphatic rings. The molecule has 0 saturated carbocycles. The molecular weight excluding hydrogens is 504 g/mol. The molecule has 204 valence electrons. The van der Waals surface area contributed by atoms with Crippen LogP contribution in [0, 0.1) is 5.92 Å². The maximum Gasteiger partial charge on any atom is 0.341 e. The minimum absolute atomic E-state index is 0.0272. The Bertz CT molecular complexity index is 1680. The van der Waals surface area contributed by atoms with E-state index in [0.29, 0.717) is 23.6 Å². The van der Waals surface area contributed by atoms with Gasteiger partial charge >= 0.3 is 5.97 Å². The molecule has 0 aliphatic heterocycles. The van der Waals surface area contributed by atoms with Gasteiger partial charge in [-0.25, -0.2) is 9.78 Å². The van der Waals surface area contributed by atoms with Crippen LogP contribution in [-0.2, 0) is 11.3 Å². The number of carbonyl (C=O) groups is 2. The molecule has 39 heavy (non-hydrogen) atoms. The van der Waals surface area contributed by atoms with Gasteiger partial charge in [0.1, 0.15) is 16.9 Å². The lowest BCUT2D eigenvalue weighted by atomic mass is 10.1. The highest BCUT2D eigenvalue weighted by molar-refractivity contribution is 5.98. The number of aromatic nitrogens is 3. The first-order valence-corrected chi connectivity index (χ1v) is 12.3. The standard InChI is InChI=1S/C28H30N4O7/c1-7-39-28(35)19-14-18-24(29-22-10-8-9-11-31(22)27(18)34)32(15-16(2)3)25(19)30-26(33)17-12-20(36-4)23(38-6)21(13-17)37-5/h8-14,16H,7,15H2,1-6H3. The summed E-state index contributed by atoms with van der Waals surface area (Å²) in [5.41, 5.74) is 0.493. The van der Waals surface area contributed by atoms with Crippen molar-refractivity contribution in [1.82, 2.24) is 14.0 Å². The minimum atomic E-state index is -0.717. The summed E-state index contributed by atoms with van der Waals surface area (Å²) in [7, 11) is 4.34. The van der Waals surface area contributed by atoms with Crippen molar-refractivity contribution in [3.05, 3.63) is 69.6 Å². The van der Waals surface area contributed by atoms with Gasteiger partial charge in [-0.1, -0.05) is 19.9 Å². The zero-order valence-electron chi connectivity index (χ0n) is 22.7. The van der Waals surface area contributed by atoms with Crippen molar-refractivity contribution < 1.29 is 28.5 Å². The van der Waals surface area contributed by atoms with Crippen LogP contribution in [-0.4, -0.2) is 53.8 Å². The fourth-order valence-corrected chi connectivity index (χ4v) is 4.26. The van der Waals surface area contributed by atoms with Crippen molar-refractivity contribution in [2.24, 2.45) is 10.9 Å². The van der Waals surface area contributed by atoms with Crippen LogP contribution in [0.1, 0.15) is 41.5 Å². The third kappa shape index (κ3) is 5.20. The van der Waals surface area contributed by atoms with Crippen LogP contribution in [0.5, 0.6) is 17.2 Å². The van der Waals surface area contributed by atoms with E-state index in [-0.39, 0.29) is 51.6 Å². The first-order chi connectivity index (χ1) is 18.7. The van der Waals surface area contributed by atoms with Crippen molar-refractivity contribution in [2.45, 2.75) is 27.3 Å². The maximum absolute atomic E-state index is 13.6. The molecule has 4 aromatic rings. The molecule has 0 atom stereocenters. The fourth-order valence-electron chi connectivity index (χ4n) is 4.26. The van der Waals surface area contributed by atoms with Crippen molar-refractivity contribution in [3.63, 3.8) is 0 Å². The predicted molar refractivity (Wildman–Crippen MR) is 144 cm³/mol. The van der Waals surface area contributed by atoms with Crippen LogP contribution in [0.3, 0.4) is 0 Å². The Labute approximate surface area is 224 Å². The summed E-state index contributed by atoms with van der Waals surface area (Å²) in [5.74, 6) is -0.468. The Kier molecular flexibility index (Phi) is 7.99. The second-order valence-electron chi connectivity index (χ2n) is 9.02. The van der Waals surface area contributed by atoms with E-state index < -0.39 is 11.9 Å². The summed E-state index contributed by atoms with van der Waals surface area (Å²) in [6.07, 6.45) is 1.60. The van der Waals surface area contributed by atoms with Gasteiger partial charge in [-0.3, -0.25) is 14.0 Å². The molecule has 0 unspecified atom stereocenters. The topological polar surface area (TPSA) is 123 Å². The summed E-state index contributed by atoms with van der Waals surface area (Å²) in [5, 5.41) is 0.196. The number of pyridine rings is 2. The van der Waals surface area contributed by atoms with E-state index in [9.17, 15) is 14.4 Å². The monoisotopic (exact) mass is 534 g/mol. The van der Waals surface area contributed by atoms with Gasteiger partial charge in [0.25, 0.3) is 11.5 Å². The van der Waals surface area contributed by atoms with Crippen LogP contribution in [0.4, 0.5) is 0 Å². The zero-order valence-corrected chi connectivity index (χ0v) is 22.7. The van der Waals surface area contributed by atoms with Gasteiger partial charge in [0.2, 0.25) is 5.75 Å². The molecule has 11 heteroatoms. The predicted octanol–water partition coefficient (Wildman–Crippen LogP) is 3.25. The van der Waals surface area contributed by atoms with Crippen molar-refractivity contribution in [1.29, 1.82) is 0 Å². The number of fused-ring (bicyclic) bond motifs is 2. The van der Waals surface area contributed by atoms with Crippen LogP contribution < -0.4 is 25.3 Å². The smallest absolute Gasteiger partial charge is 0.341 e. The van der Waals surface area contributed by atoms with E-state index in [1.165, 1.54) is 43.9 Å². The van der Waals surface area contributed by atoms with E-state index in [1.807, 2.05) is 13.8 Å². The van der Waals surface area contributed by atoms with E-state index in [0.717, 1.165) is 0 Å². The highest BCUT2D eigenvalue weighted by Crippen LogP contribution is 2.38. The third-order valence-electron chi connectivity index (χ3n) is 5.95.